The summed E-state index contributed by atoms with van der Waals surface area (Å²) in [6, 6.07) is 0.0514. The van der Waals surface area contributed by atoms with Gasteiger partial charge in [-0.1, -0.05) is 0 Å². The Kier molecular flexibility index (Phi) is 10.9. The molecular formula is C19H36IN5O3S. The highest BCUT2D eigenvalue weighted by atomic mass is 127. The second-order valence-electron chi connectivity index (χ2n) is 7.89. The molecule has 1 fully saturated rings. The first-order valence-electron chi connectivity index (χ1n) is 9.96. The highest BCUT2D eigenvalue weighted by molar-refractivity contribution is 14.0. The van der Waals surface area contributed by atoms with Crippen LogP contribution in [0.5, 0.6) is 0 Å². The van der Waals surface area contributed by atoms with Gasteiger partial charge in [0, 0.05) is 25.9 Å². The minimum Gasteiger partial charge on any atom is -0.444 e. The maximum atomic E-state index is 11.3. The minimum atomic E-state index is -2.94. The van der Waals surface area contributed by atoms with Crippen LogP contribution < -0.4 is 10.6 Å². The van der Waals surface area contributed by atoms with Crippen molar-refractivity contribution in [2.45, 2.75) is 52.6 Å². The third kappa shape index (κ3) is 9.65. The van der Waals surface area contributed by atoms with Gasteiger partial charge in [0.15, 0.2) is 5.96 Å². The number of aryl methyl sites for hydroxylation is 2. The van der Waals surface area contributed by atoms with E-state index >= 15 is 0 Å². The van der Waals surface area contributed by atoms with Gasteiger partial charge in [0.1, 0.15) is 15.6 Å². The Morgan fingerprint density at radius 3 is 2.52 bits per heavy atom. The summed E-state index contributed by atoms with van der Waals surface area (Å²) >= 11 is 0. The summed E-state index contributed by atoms with van der Waals surface area (Å²) in [5.41, 5.74) is 0.971. The summed E-state index contributed by atoms with van der Waals surface area (Å²) in [4.78, 5) is 11.1. The molecule has 0 aromatic carbocycles. The van der Waals surface area contributed by atoms with Crippen molar-refractivity contribution in [1.82, 2.24) is 20.5 Å². The molecule has 1 aromatic rings. The Morgan fingerprint density at radius 2 is 2.00 bits per heavy atom. The van der Waals surface area contributed by atoms with Crippen LogP contribution in [0.1, 0.15) is 43.5 Å². The fourth-order valence-electron chi connectivity index (χ4n) is 3.28. The molecule has 0 saturated carbocycles. The van der Waals surface area contributed by atoms with Gasteiger partial charge >= 0.3 is 0 Å². The number of sulfone groups is 1. The lowest BCUT2D eigenvalue weighted by molar-refractivity contribution is 0.164. The molecule has 0 amide bonds. The Hall–Kier alpha value is -0.880. The monoisotopic (exact) mass is 541 g/mol. The largest absolute Gasteiger partial charge is 0.444 e. The average Bonchev–Trinajstić information content (AvgIpc) is 2.94. The fraction of sp³-hybridized carbons (Fsp3) is 0.789. The molecule has 1 aliphatic heterocycles. The number of guanidine groups is 1. The molecule has 2 heterocycles. The summed E-state index contributed by atoms with van der Waals surface area (Å²) in [5.74, 6) is 3.21. The number of piperidine rings is 1. The second-order valence-corrected chi connectivity index (χ2v) is 10.1. The zero-order chi connectivity index (χ0) is 20.7. The van der Waals surface area contributed by atoms with Crippen molar-refractivity contribution >= 4 is 39.8 Å². The highest BCUT2D eigenvalue weighted by Crippen LogP contribution is 2.19. The lowest BCUT2D eigenvalue weighted by Gasteiger charge is -2.31. The Bertz CT molecular complexity index is 738. The molecule has 1 aromatic heterocycles. The van der Waals surface area contributed by atoms with Crippen molar-refractivity contribution in [3.8, 4) is 0 Å². The van der Waals surface area contributed by atoms with Crippen LogP contribution in [0.25, 0.3) is 0 Å². The predicted molar refractivity (Wildman–Crippen MR) is 128 cm³/mol. The number of aliphatic imine (C=N–C) groups is 1. The van der Waals surface area contributed by atoms with Gasteiger partial charge in [-0.2, -0.15) is 0 Å². The first-order valence-corrected chi connectivity index (χ1v) is 12.0. The van der Waals surface area contributed by atoms with E-state index in [0.717, 1.165) is 62.3 Å². The van der Waals surface area contributed by atoms with Gasteiger partial charge in [0.25, 0.3) is 0 Å². The van der Waals surface area contributed by atoms with Crippen LogP contribution >= 0.6 is 24.0 Å². The molecule has 0 spiro atoms. The van der Waals surface area contributed by atoms with E-state index in [1.165, 1.54) is 6.26 Å². The summed E-state index contributed by atoms with van der Waals surface area (Å²) in [6.45, 7) is 9.60. The SMILES string of the molecule is CN=C(NCC1CCN(Cc2nc(C)c(C)o2)CC1)NC(C)CCS(C)(=O)=O.I. The normalized spacial score (nSPS) is 17.6. The molecule has 1 saturated heterocycles. The van der Waals surface area contributed by atoms with Crippen molar-refractivity contribution in [3.63, 3.8) is 0 Å². The predicted octanol–water partition coefficient (Wildman–Crippen LogP) is 2.11. The smallest absolute Gasteiger partial charge is 0.208 e. The topological polar surface area (TPSA) is 99.8 Å². The van der Waals surface area contributed by atoms with Gasteiger partial charge in [-0.3, -0.25) is 9.89 Å². The molecule has 0 aliphatic carbocycles. The van der Waals surface area contributed by atoms with Gasteiger partial charge in [0.05, 0.1) is 18.0 Å². The number of hydrogen-bond acceptors (Lipinski definition) is 6. The number of hydrogen-bond donors (Lipinski definition) is 2. The zero-order valence-corrected chi connectivity index (χ0v) is 21.3. The summed E-state index contributed by atoms with van der Waals surface area (Å²) in [5, 5.41) is 6.65. The molecule has 10 heteroatoms. The van der Waals surface area contributed by atoms with Crippen LogP contribution in [0.4, 0.5) is 0 Å². The maximum Gasteiger partial charge on any atom is 0.208 e. The van der Waals surface area contributed by atoms with E-state index in [-0.39, 0.29) is 35.8 Å². The van der Waals surface area contributed by atoms with Gasteiger partial charge in [-0.05, 0) is 59.0 Å². The van der Waals surface area contributed by atoms with E-state index in [1.807, 2.05) is 20.8 Å². The molecule has 1 unspecified atom stereocenters. The molecule has 0 bridgehead atoms. The van der Waals surface area contributed by atoms with Crippen LogP contribution in [-0.4, -0.2) is 69.0 Å². The molecular weight excluding hydrogens is 505 g/mol. The van der Waals surface area contributed by atoms with Crippen molar-refractivity contribution < 1.29 is 12.8 Å². The number of aromatic nitrogens is 1. The van der Waals surface area contributed by atoms with E-state index < -0.39 is 9.84 Å². The van der Waals surface area contributed by atoms with E-state index in [4.69, 9.17) is 4.42 Å². The van der Waals surface area contributed by atoms with Gasteiger partial charge in [-0.15, -0.1) is 24.0 Å². The molecule has 1 aliphatic rings. The third-order valence-corrected chi connectivity index (χ3v) is 6.20. The number of likely N-dealkylation sites (tertiary alicyclic amines) is 1. The minimum absolute atomic E-state index is 0. The standard InChI is InChI=1S/C19H35N5O3S.HI/c1-14(8-11-28(5,25)26)22-19(20-4)21-12-17-6-9-24(10-7-17)13-18-23-15(2)16(3)27-18;/h14,17H,6-13H2,1-5H3,(H2,20,21,22);1H. The number of halogens is 1. The highest BCUT2D eigenvalue weighted by Gasteiger charge is 2.21. The zero-order valence-electron chi connectivity index (χ0n) is 18.2. The van der Waals surface area contributed by atoms with Gasteiger partial charge in [-0.25, -0.2) is 13.4 Å². The lowest BCUT2D eigenvalue weighted by atomic mass is 9.97. The number of nitrogens with one attached hydrogen (secondary N) is 2. The second kappa shape index (κ2) is 12.1. The van der Waals surface area contributed by atoms with Crippen LogP contribution in [0, 0.1) is 19.8 Å². The first-order chi connectivity index (χ1) is 13.2. The molecule has 1 atom stereocenters. The summed E-state index contributed by atoms with van der Waals surface area (Å²) in [6.07, 6.45) is 4.07. The van der Waals surface area contributed by atoms with E-state index in [0.29, 0.717) is 12.3 Å². The van der Waals surface area contributed by atoms with Crippen LogP contribution in [0.2, 0.25) is 0 Å². The molecule has 2 rings (SSSR count). The van der Waals surface area contributed by atoms with E-state index in [1.54, 1.807) is 7.05 Å². The van der Waals surface area contributed by atoms with Gasteiger partial charge in [0.2, 0.25) is 5.89 Å². The number of rotatable bonds is 8. The fourth-order valence-corrected chi connectivity index (χ4v) is 4.06. The van der Waals surface area contributed by atoms with Crippen molar-refractivity contribution in [1.29, 1.82) is 0 Å². The van der Waals surface area contributed by atoms with Crippen molar-refractivity contribution in [3.05, 3.63) is 17.3 Å². The Balaban J connectivity index is 0.00000420. The van der Waals surface area contributed by atoms with Crippen LogP contribution in [0.15, 0.2) is 9.41 Å². The Labute approximate surface area is 192 Å². The number of oxazole rings is 1. The van der Waals surface area contributed by atoms with Gasteiger partial charge < -0.3 is 15.1 Å². The van der Waals surface area contributed by atoms with Crippen LogP contribution in [0.3, 0.4) is 0 Å². The molecule has 29 heavy (non-hydrogen) atoms. The molecule has 0 radical (unpaired) electrons. The average molecular weight is 542 g/mol. The molecule has 168 valence electrons. The quantitative estimate of drug-likeness (QED) is 0.296. The molecule has 8 nitrogen and oxygen atoms in total. The van der Waals surface area contributed by atoms with Crippen LogP contribution in [-0.2, 0) is 16.4 Å². The maximum absolute atomic E-state index is 11.3. The summed E-state index contributed by atoms with van der Waals surface area (Å²) < 4.78 is 28.3. The lowest BCUT2D eigenvalue weighted by Crippen LogP contribution is -2.45. The number of nitrogens with zero attached hydrogens (tertiary/aromatic N) is 3. The van der Waals surface area contributed by atoms with Crippen molar-refractivity contribution in [2.24, 2.45) is 10.9 Å². The first kappa shape index (κ1) is 26.2. The third-order valence-electron chi connectivity index (χ3n) is 5.23. The Morgan fingerprint density at radius 1 is 1.34 bits per heavy atom. The molecule has 2 N–H and O–H groups in total. The summed E-state index contributed by atoms with van der Waals surface area (Å²) in [7, 11) is -1.20. The van der Waals surface area contributed by atoms with E-state index in [9.17, 15) is 8.42 Å². The van der Waals surface area contributed by atoms with Crippen molar-refractivity contribution in [2.75, 3.05) is 38.7 Å². The van der Waals surface area contributed by atoms with E-state index in [2.05, 4.69) is 25.5 Å².